The van der Waals surface area contributed by atoms with E-state index in [4.69, 9.17) is 11.6 Å². The van der Waals surface area contributed by atoms with Gasteiger partial charge in [0.05, 0.1) is 12.2 Å². The third-order valence-corrected chi connectivity index (χ3v) is 4.36. The van der Waals surface area contributed by atoms with Crippen LogP contribution < -0.4 is 16.0 Å². The maximum Gasteiger partial charge on any atom is 0.251 e. The number of rotatable bonds is 8. The molecule has 2 aromatic carbocycles. The normalized spacial score (nSPS) is 10.3. The highest BCUT2D eigenvalue weighted by molar-refractivity contribution is 6.30. The zero-order valence-electron chi connectivity index (χ0n) is 16.0. The van der Waals surface area contributed by atoms with E-state index in [1.807, 2.05) is 24.4 Å². The molecular weight excluding hydrogens is 406 g/mol. The predicted octanol–water partition coefficient (Wildman–Crippen LogP) is 2.40. The quantitative estimate of drug-likeness (QED) is 0.515. The van der Waals surface area contributed by atoms with Crippen LogP contribution in [0.3, 0.4) is 0 Å². The fourth-order valence-corrected chi connectivity index (χ4v) is 2.71. The number of anilines is 1. The fraction of sp³-hybridized carbons (Fsp3) is 0.143. The summed E-state index contributed by atoms with van der Waals surface area (Å²) in [7, 11) is 0. The van der Waals surface area contributed by atoms with E-state index >= 15 is 0 Å². The molecule has 1 aromatic heterocycles. The molecular formula is C21H20ClN5O3. The Balaban J connectivity index is 1.35. The van der Waals surface area contributed by atoms with Crippen molar-refractivity contribution in [2.75, 3.05) is 18.4 Å². The fourth-order valence-electron chi connectivity index (χ4n) is 2.58. The Morgan fingerprint density at radius 1 is 0.933 bits per heavy atom. The Morgan fingerprint density at radius 2 is 1.67 bits per heavy atom. The van der Waals surface area contributed by atoms with Crippen molar-refractivity contribution in [3.63, 3.8) is 0 Å². The minimum atomic E-state index is -0.347. The molecule has 0 aliphatic carbocycles. The molecule has 0 aliphatic rings. The van der Waals surface area contributed by atoms with Crippen molar-refractivity contribution in [1.82, 2.24) is 20.4 Å². The van der Waals surface area contributed by atoms with Gasteiger partial charge in [0, 0.05) is 41.6 Å². The first-order chi connectivity index (χ1) is 14.5. The molecule has 1 heterocycles. The van der Waals surface area contributed by atoms with Gasteiger partial charge in [-0.15, -0.1) is 0 Å². The second-order valence-electron chi connectivity index (χ2n) is 6.34. The largest absolute Gasteiger partial charge is 0.352 e. The maximum absolute atomic E-state index is 12.0. The molecule has 3 amide bonds. The molecule has 30 heavy (non-hydrogen) atoms. The zero-order valence-corrected chi connectivity index (χ0v) is 16.7. The van der Waals surface area contributed by atoms with Crippen molar-refractivity contribution >= 4 is 35.0 Å². The Bertz CT molecular complexity index is 1000. The van der Waals surface area contributed by atoms with E-state index in [2.05, 4.69) is 21.0 Å². The van der Waals surface area contributed by atoms with Crippen molar-refractivity contribution in [2.24, 2.45) is 0 Å². The summed E-state index contributed by atoms with van der Waals surface area (Å²) in [5, 5.41) is 12.5. The van der Waals surface area contributed by atoms with Crippen LogP contribution in [0.4, 0.5) is 5.69 Å². The molecule has 154 valence electrons. The first kappa shape index (κ1) is 21.1. The monoisotopic (exact) mass is 425 g/mol. The molecule has 0 bridgehead atoms. The molecule has 0 saturated carbocycles. The highest BCUT2D eigenvalue weighted by Crippen LogP contribution is 2.12. The molecule has 3 N–H and O–H groups in total. The summed E-state index contributed by atoms with van der Waals surface area (Å²) < 4.78 is 1.71. The van der Waals surface area contributed by atoms with Crippen molar-refractivity contribution < 1.29 is 14.4 Å². The van der Waals surface area contributed by atoms with E-state index in [-0.39, 0.29) is 37.2 Å². The number of nitrogens with one attached hydrogen (secondary N) is 3. The number of carbonyl (C=O) groups excluding carboxylic acids is 3. The summed E-state index contributed by atoms with van der Waals surface area (Å²) in [6.45, 7) is -0.00528. The van der Waals surface area contributed by atoms with Gasteiger partial charge in [-0.05, 0) is 54.6 Å². The molecule has 9 heteroatoms. The Labute approximate surface area is 178 Å². The number of halogens is 1. The summed E-state index contributed by atoms with van der Waals surface area (Å²) in [6.07, 6.45) is 3.56. The van der Waals surface area contributed by atoms with E-state index in [9.17, 15) is 14.4 Å². The van der Waals surface area contributed by atoms with E-state index in [0.29, 0.717) is 16.3 Å². The third-order valence-electron chi connectivity index (χ3n) is 4.11. The van der Waals surface area contributed by atoms with Gasteiger partial charge in [-0.2, -0.15) is 5.10 Å². The van der Waals surface area contributed by atoms with Crippen LogP contribution in [0.15, 0.2) is 67.0 Å². The van der Waals surface area contributed by atoms with Crippen molar-refractivity contribution in [2.45, 2.75) is 6.42 Å². The lowest BCUT2D eigenvalue weighted by Gasteiger charge is -2.09. The molecule has 0 radical (unpaired) electrons. The number of aromatic nitrogens is 2. The zero-order chi connectivity index (χ0) is 21.3. The summed E-state index contributed by atoms with van der Waals surface area (Å²) in [5.41, 5.74) is 1.94. The first-order valence-corrected chi connectivity index (χ1v) is 9.59. The van der Waals surface area contributed by atoms with Gasteiger partial charge >= 0.3 is 0 Å². The summed E-state index contributed by atoms with van der Waals surface area (Å²) in [6, 6.07) is 15.4. The van der Waals surface area contributed by atoms with Gasteiger partial charge in [-0.25, -0.2) is 4.68 Å². The Hall–Kier alpha value is -3.65. The van der Waals surface area contributed by atoms with Gasteiger partial charge in [0.2, 0.25) is 11.8 Å². The van der Waals surface area contributed by atoms with Gasteiger partial charge in [-0.1, -0.05) is 11.6 Å². The molecule has 0 atom stereocenters. The van der Waals surface area contributed by atoms with Crippen LogP contribution in [0.5, 0.6) is 0 Å². The van der Waals surface area contributed by atoms with E-state index in [1.54, 1.807) is 47.3 Å². The maximum atomic E-state index is 12.0. The summed E-state index contributed by atoms with van der Waals surface area (Å²) in [4.78, 5) is 35.8. The second-order valence-corrected chi connectivity index (χ2v) is 6.77. The number of carbonyl (C=O) groups is 3. The van der Waals surface area contributed by atoms with E-state index in [1.165, 1.54) is 0 Å². The molecule has 0 unspecified atom stereocenters. The lowest BCUT2D eigenvalue weighted by molar-refractivity contribution is -0.124. The summed E-state index contributed by atoms with van der Waals surface area (Å²) in [5.74, 6) is -0.980. The number of nitrogens with zero attached hydrogens (tertiary/aromatic N) is 2. The SMILES string of the molecule is O=C(CCNC(=O)c1ccc(Cl)cc1)NCC(=O)Nc1ccc(-n2cccn2)cc1. The average molecular weight is 426 g/mol. The van der Waals surface area contributed by atoms with Crippen LogP contribution in [-0.2, 0) is 9.59 Å². The highest BCUT2D eigenvalue weighted by Gasteiger charge is 2.09. The average Bonchev–Trinajstić information content (AvgIpc) is 3.28. The molecule has 3 aromatic rings. The standard InChI is InChI=1S/C21H20ClN5O3/c22-16-4-2-15(3-5-16)21(30)23-12-10-19(28)24-14-20(29)26-17-6-8-18(9-7-17)27-13-1-11-25-27/h1-9,11,13H,10,12,14H2,(H,23,30)(H,24,28)(H,26,29). The second kappa shape index (κ2) is 10.2. The Kier molecular flexibility index (Phi) is 7.18. The molecule has 0 fully saturated rings. The summed E-state index contributed by atoms with van der Waals surface area (Å²) >= 11 is 5.78. The van der Waals surface area contributed by atoms with Gasteiger partial charge < -0.3 is 16.0 Å². The predicted molar refractivity (Wildman–Crippen MR) is 114 cm³/mol. The van der Waals surface area contributed by atoms with Crippen LogP contribution in [0.25, 0.3) is 5.69 Å². The molecule has 0 aliphatic heterocycles. The first-order valence-electron chi connectivity index (χ1n) is 9.21. The van der Waals surface area contributed by atoms with Gasteiger partial charge in [0.25, 0.3) is 5.91 Å². The third kappa shape index (κ3) is 6.18. The molecule has 8 nitrogen and oxygen atoms in total. The van der Waals surface area contributed by atoms with Crippen molar-refractivity contribution in [1.29, 1.82) is 0 Å². The van der Waals surface area contributed by atoms with Crippen LogP contribution in [-0.4, -0.2) is 40.6 Å². The highest BCUT2D eigenvalue weighted by atomic mass is 35.5. The van der Waals surface area contributed by atoms with Crippen molar-refractivity contribution in [3.05, 3.63) is 77.6 Å². The number of hydrogen-bond donors (Lipinski definition) is 3. The van der Waals surface area contributed by atoms with E-state index in [0.717, 1.165) is 5.69 Å². The molecule has 3 rings (SSSR count). The van der Waals surface area contributed by atoms with Crippen LogP contribution in [0.1, 0.15) is 16.8 Å². The number of hydrogen-bond acceptors (Lipinski definition) is 4. The number of amides is 3. The Morgan fingerprint density at radius 3 is 2.33 bits per heavy atom. The van der Waals surface area contributed by atoms with Crippen LogP contribution in [0.2, 0.25) is 5.02 Å². The van der Waals surface area contributed by atoms with Gasteiger partial charge in [0.1, 0.15) is 0 Å². The minimum Gasteiger partial charge on any atom is -0.352 e. The number of benzene rings is 2. The molecule has 0 spiro atoms. The minimum absolute atomic E-state index is 0.0607. The van der Waals surface area contributed by atoms with Gasteiger partial charge in [-0.3, -0.25) is 14.4 Å². The van der Waals surface area contributed by atoms with Crippen LogP contribution in [0, 0.1) is 0 Å². The molecule has 0 saturated heterocycles. The smallest absolute Gasteiger partial charge is 0.251 e. The lowest BCUT2D eigenvalue weighted by atomic mass is 10.2. The van der Waals surface area contributed by atoms with Crippen LogP contribution >= 0.6 is 11.6 Å². The lowest BCUT2D eigenvalue weighted by Crippen LogP contribution is -2.35. The van der Waals surface area contributed by atoms with Crippen molar-refractivity contribution in [3.8, 4) is 5.69 Å². The van der Waals surface area contributed by atoms with Gasteiger partial charge in [0.15, 0.2) is 0 Å². The van der Waals surface area contributed by atoms with E-state index < -0.39 is 0 Å². The topological polar surface area (TPSA) is 105 Å².